The van der Waals surface area contributed by atoms with Crippen LogP contribution in [-0.4, -0.2) is 26.3 Å². The van der Waals surface area contributed by atoms with E-state index in [-0.39, 0.29) is 12.5 Å². The lowest BCUT2D eigenvalue weighted by atomic mass is 10.2. The first-order valence-corrected chi connectivity index (χ1v) is 11.6. The molecule has 0 saturated carbocycles. The number of ether oxygens (including phenoxy) is 3. The third-order valence-electron chi connectivity index (χ3n) is 4.37. The Morgan fingerprint density at radius 1 is 1.12 bits per heavy atom. The monoisotopic (exact) mass is 628 g/mol. The minimum Gasteiger partial charge on any atom is -0.496 e. The summed E-state index contributed by atoms with van der Waals surface area (Å²) in [7, 11) is 3.11. The third kappa shape index (κ3) is 6.14. The molecular formula is C23H19BrClIN2O4. The zero-order valence-corrected chi connectivity index (χ0v) is 21.7. The molecule has 166 valence electrons. The van der Waals surface area contributed by atoms with E-state index in [2.05, 4.69) is 49.0 Å². The highest BCUT2D eigenvalue weighted by molar-refractivity contribution is 14.1. The van der Waals surface area contributed by atoms with E-state index in [0.717, 1.165) is 9.13 Å². The molecule has 3 rings (SSSR count). The van der Waals surface area contributed by atoms with Crippen molar-refractivity contribution in [1.29, 1.82) is 0 Å². The maximum absolute atomic E-state index is 12.4. The van der Waals surface area contributed by atoms with Crippen LogP contribution in [-0.2, 0) is 6.61 Å². The molecule has 0 atom stereocenters. The Morgan fingerprint density at radius 3 is 2.59 bits per heavy atom. The quantitative estimate of drug-likeness (QED) is 0.187. The highest BCUT2D eigenvalue weighted by Crippen LogP contribution is 2.37. The number of amides is 1. The summed E-state index contributed by atoms with van der Waals surface area (Å²) in [6, 6.07) is 16.2. The summed E-state index contributed by atoms with van der Waals surface area (Å²) in [5.41, 5.74) is 4.53. The Hall–Kier alpha value is -2.30. The Labute approximate surface area is 213 Å². The van der Waals surface area contributed by atoms with E-state index >= 15 is 0 Å². The number of hydrogen-bond acceptors (Lipinski definition) is 5. The van der Waals surface area contributed by atoms with Gasteiger partial charge in [-0.1, -0.05) is 29.8 Å². The molecular weight excluding hydrogens is 611 g/mol. The fourth-order valence-corrected chi connectivity index (χ4v) is 4.07. The number of methoxy groups -OCH3 is 2. The number of carbonyl (C=O) groups is 1. The maximum Gasteiger partial charge on any atom is 0.271 e. The summed E-state index contributed by atoms with van der Waals surface area (Å²) in [5, 5.41) is 4.68. The van der Waals surface area contributed by atoms with Crippen LogP contribution in [0.4, 0.5) is 0 Å². The molecule has 0 aliphatic carbocycles. The van der Waals surface area contributed by atoms with Gasteiger partial charge in [0.25, 0.3) is 5.91 Å². The van der Waals surface area contributed by atoms with Crippen molar-refractivity contribution >= 4 is 62.2 Å². The van der Waals surface area contributed by atoms with Crippen LogP contribution in [0.15, 0.2) is 64.2 Å². The van der Waals surface area contributed by atoms with Crippen molar-refractivity contribution in [3.63, 3.8) is 0 Å². The van der Waals surface area contributed by atoms with E-state index in [1.54, 1.807) is 38.5 Å². The topological polar surface area (TPSA) is 69.2 Å². The van der Waals surface area contributed by atoms with E-state index in [1.165, 1.54) is 6.21 Å². The highest BCUT2D eigenvalue weighted by atomic mass is 127. The molecule has 0 saturated heterocycles. The smallest absolute Gasteiger partial charge is 0.271 e. The maximum atomic E-state index is 12.4. The van der Waals surface area contributed by atoms with Crippen molar-refractivity contribution in [3.05, 3.63) is 84.4 Å². The number of nitrogens with zero attached hydrogens (tertiary/aromatic N) is 1. The van der Waals surface area contributed by atoms with Crippen molar-refractivity contribution in [2.75, 3.05) is 14.2 Å². The zero-order chi connectivity index (χ0) is 23.1. The van der Waals surface area contributed by atoms with Gasteiger partial charge < -0.3 is 14.2 Å². The molecule has 0 unspecified atom stereocenters. The molecule has 0 aliphatic heterocycles. The van der Waals surface area contributed by atoms with Gasteiger partial charge in [-0.2, -0.15) is 5.10 Å². The van der Waals surface area contributed by atoms with Crippen LogP contribution in [0.5, 0.6) is 17.2 Å². The van der Waals surface area contributed by atoms with Crippen molar-refractivity contribution in [3.8, 4) is 17.2 Å². The van der Waals surface area contributed by atoms with Gasteiger partial charge in [0.05, 0.1) is 28.5 Å². The Morgan fingerprint density at radius 2 is 1.88 bits per heavy atom. The lowest BCUT2D eigenvalue weighted by Gasteiger charge is -2.14. The average molecular weight is 630 g/mol. The Kier molecular flexibility index (Phi) is 8.77. The lowest BCUT2D eigenvalue weighted by Crippen LogP contribution is -2.17. The predicted molar refractivity (Wildman–Crippen MR) is 137 cm³/mol. The molecule has 0 aromatic heterocycles. The van der Waals surface area contributed by atoms with Crippen molar-refractivity contribution in [2.24, 2.45) is 5.10 Å². The van der Waals surface area contributed by atoms with E-state index in [9.17, 15) is 4.79 Å². The van der Waals surface area contributed by atoms with Gasteiger partial charge in [-0.15, -0.1) is 0 Å². The molecule has 0 fully saturated rings. The molecule has 0 radical (unpaired) electrons. The summed E-state index contributed by atoms with van der Waals surface area (Å²) < 4.78 is 18.2. The first-order chi connectivity index (χ1) is 15.4. The van der Waals surface area contributed by atoms with Gasteiger partial charge in [0.15, 0.2) is 11.5 Å². The van der Waals surface area contributed by atoms with Gasteiger partial charge in [-0.3, -0.25) is 4.79 Å². The molecule has 3 aromatic rings. The fourth-order valence-electron chi connectivity index (χ4n) is 2.75. The van der Waals surface area contributed by atoms with Crippen LogP contribution in [0.3, 0.4) is 0 Å². The van der Waals surface area contributed by atoms with Gasteiger partial charge in [-0.05, 0) is 80.5 Å². The first kappa shape index (κ1) is 24.3. The Balaban J connectivity index is 1.70. The number of nitrogens with one attached hydrogen (secondary N) is 1. The van der Waals surface area contributed by atoms with Crippen LogP contribution >= 0.6 is 50.1 Å². The van der Waals surface area contributed by atoms with Crippen molar-refractivity contribution in [1.82, 2.24) is 5.43 Å². The van der Waals surface area contributed by atoms with Gasteiger partial charge in [0, 0.05) is 16.1 Å². The number of hydrazone groups is 1. The highest BCUT2D eigenvalue weighted by Gasteiger charge is 2.13. The summed E-state index contributed by atoms with van der Waals surface area (Å²) in [5.74, 6) is 1.34. The SMILES string of the molecule is COc1cc(C(=O)N/N=C/c2cc(Br)c(OCc3ccccc3Cl)c(OC)c2)ccc1I. The van der Waals surface area contributed by atoms with Crippen molar-refractivity contribution in [2.45, 2.75) is 6.61 Å². The molecule has 0 aliphatic rings. The zero-order valence-electron chi connectivity index (χ0n) is 17.2. The summed E-state index contributed by atoms with van der Waals surface area (Å²) in [4.78, 5) is 12.4. The second-order valence-corrected chi connectivity index (χ2v) is 8.89. The first-order valence-electron chi connectivity index (χ1n) is 9.33. The number of benzene rings is 3. The van der Waals surface area contributed by atoms with Crippen LogP contribution in [0, 0.1) is 3.57 Å². The molecule has 9 heteroatoms. The molecule has 0 bridgehead atoms. The molecule has 0 spiro atoms. The van der Waals surface area contributed by atoms with Crippen LogP contribution in [0.2, 0.25) is 5.02 Å². The standard InChI is InChI=1S/C23H19BrClIN2O4/c1-30-20-11-15(7-8-19(20)26)23(29)28-27-12-14-9-17(24)22(21(10-14)31-2)32-13-16-5-3-4-6-18(16)25/h3-12H,13H2,1-2H3,(H,28,29)/b27-12+. The van der Waals surface area contributed by atoms with Gasteiger partial charge in [0.2, 0.25) is 0 Å². The average Bonchev–Trinajstić information content (AvgIpc) is 2.79. The molecule has 6 nitrogen and oxygen atoms in total. The third-order valence-corrected chi connectivity index (χ3v) is 6.22. The normalized spacial score (nSPS) is 10.8. The van der Waals surface area contributed by atoms with Crippen LogP contribution in [0.25, 0.3) is 0 Å². The summed E-state index contributed by atoms with van der Waals surface area (Å²) in [6.45, 7) is 0.289. The molecule has 3 aromatic carbocycles. The molecule has 0 heterocycles. The molecule has 1 amide bonds. The summed E-state index contributed by atoms with van der Waals surface area (Å²) >= 11 is 11.8. The van der Waals surface area contributed by atoms with E-state index < -0.39 is 0 Å². The predicted octanol–water partition coefficient (Wildman–Crippen LogP) is 6.07. The van der Waals surface area contributed by atoms with E-state index in [0.29, 0.717) is 37.9 Å². The van der Waals surface area contributed by atoms with E-state index in [4.69, 9.17) is 25.8 Å². The second-order valence-electron chi connectivity index (χ2n) is 6.46. The second kappa shape index (κ2) is 11.5. The number of rotatable bonds is 8. The number of halogens is 3. The van der Waals surface area contributed by atoms with Crippen molar-refractivity contribution < 1.29 is 19.0 Å². The van der Waals surface area contributed by atoms with Gasteiger partial charge in [-0.25, -0.2) is 5.43 Å². The van der Waals surface area contributed by atoms with Crippen LogP contribution < -0.4 is 19.6 Å². The fraction of sp³-hybridized carbons (Fsp3) is 0.130. The summed E-state index contributed by atoms with van der Waals surface area (Å²) in [6.07, 6.45) is 1.52. The van der Waals surface area contributed by atoms with Gasteiger partial charge >= 0.3 is 0 Å². The largest absolute Gasteiger partial charge is 0.496 e. The molecule has 1 N–H and O–H groups in total. The minimum absolute atomic E-state index is 0.289. The van der Waals surface area contributed by atoms with Crippen LogP contribution in [0.1, 0.15) is 21.5 Å². The van der Waals surface area contributed by atoms with E-state index in [1.807, 2.05) is 30.3 Å². The lowest BCUT2D eigenvalue weighted by molar-refractivity contribution is 0.0954. The minimum atomic E-state index is -0.346. The van der Waals surface area contributed by atoms with Gasteiger partial charge in [0.1, 0.15) is 12.4 Å². The molecule has 32 heavy (non-hydrogen) atoms. The Bertz CT molecular complexity index is 1160. The number of hydrogen-bond donors (Lipinski definition) is 1. The number of carbonyl (C=O) groups excluding carboxylic acids is 1.